The Kier molecular flexibility index (Phi) is 3.74. The topological polar surface area (TPSA) is 58.6 Å². The van der Waals surface area contributed by atoms with Gasteiger partial charge >= 0.3 is 5.95 Å². The van der Waals surface area contributed by atoms with Gasteiger partial charge in [0.2, 0.25) is 5.89 Å². The summed E-state index contributed by atoms with van der Waals surface area (Å²) in [4.78, 5) is 8.65. The zero-order valence-corrected chi connectivity index (χ0v) is 12.4. The summed E-state index contributed by atoms with van der Waals surface area (Å²) in [6.07, 6.45) is 1.52. The summed E-state index contributed by atoms with van der Waals surface area (Å²) in [7, 11) is 0. The number of aryl methyl sites for hydroxylation is 2. The average Bonchev–Trinajstić information content (AvgIpc) is 2.88. The third-order valence-electron chi connectivity index (χ3n) is 3.33. The van der Waals surface area contributed by atoms with Gasteiger partial charge < -0.3 is 9.52 Å². The fourth-order valence-corrected chi connectivity index (χ4v) is 2.19. The van der Waals surface area contributed by atoms with Crippen molar-refractivity contribution in [1.82, 2.24) is 4.98 Å². The van der Waals surface area contributed by atoms with Crippen LogP contribution in [0, 0.1) is 13.8 Å². The third-order valence-corrected chi connectivity index (χ3v) is 3.33. The van der Waals surface area contributed by atoms with E-state index in [2.05, 4.69) is 16.0 Å². The Hall–Kier alpha value is -2.88. The van der Waals surface area contributed by atoms with Crippen molar-refractivity contribution in [2.45, 2.75) is 13.8 Å². The van der Waals surface area contributed by atoms with Gasteiger partial charge in [-0.2, -0.15) is 0 Å². The number of rotatable bonds is 3. The standard InChI is InChI=1S/C18H16N2O2/c1-12-8-9-15(13(2)10-12)19-11-16-18(21)22-17(20-16)14-6-4-3-5-7-14/h3-11,21H,1-2H3. The van der Waals surface area contributed by atoms with E-state index in [9.17, 15) is 5.11 Å². The van der Waals surface area contributed by atoms with Crippen molar-refractivity contribution in [2.24, 2.45) is 4.99 Å². The second kappa shape index (κ2) is 5.85. The minimum absolute atomic E-state index is 0.229. The van der Waals surface area contributed by atoms with Crippen LogP contribution in [0.1, 0.15) is 16.8 Å². The predicted molar refractivity (Wildman–Crippen MR) is 86.8 cm³/mol. The van der Waals surface area contributed by atoms with Gasteiger partial charge in [0.15, 0.2) is 5.69 Å². The van der Waals surface area contributed by atoms with Gasteiger partial charge in [-0.1, -0.05) is 35.9 Å². The van der Waals surface area contributed by atoms with Crippen LogP contribution in [0.2, 0.25) is 0 Å². The molecule has 1 N–H and O–H groups in total. The molecule has 0 aliphatic heterocycles. The van der Waals surface area contributed by atoms with Crippen molar-refractivity contribution >= 4 is 11.9 Å². The number of aromatic hydroxyl groups is 1. The maximum absolute atomic E-state index is 9.86. The highest BCUT2D eigenvalue weighted by atomic mass is 16.5. The number of oxazole rings is 1. The molecular weight excluding hydrogens is 276 g/mol. The van der Waals surface area contributed by atoms with E-state index in [0.717, 1.165) is 16.8 Å². The number of benzene rings is 2. The zero-order valence-electron chi connectivity index (χ0n) is 12.4. The summed E-state index contributed by atoms with van der Waals surface area (Å²) in [6, 6.07) is 15.4. The van der Waals surface area contributed by atoms with Crippen molar-refractivity contribution < 1.29 is 9.52 Å². The molecule has 110 valence electrons. The highest BCUT2D eigenvalue weighted by Crippen LogP contribution is 2.26. The molecule has 4 nitrogen and oxygen atoms in total. The molecule has 1 aromatic heterocycles. The lowest BCUT2D eigenvalue weighted by atomic mass is 10.1. The van der Waals surface area contributed by atoms with Crippen molar-refractivity contribution in [1.29, 1.82) is 0 Å². The van der Waals surface area contributed by atoms with Gasteiger partial charge in [0.25, 0.3) is 0 Å². The molecule has 0 aliphatic rings. The lowest BCUT2D eigenvalue weighted by Crippen LogP contribution is -1.84. The van der Waals surface area contributed by atoms with Gasteiger partial charge in [-0.3, -0.25) is 4.99 Å². The Morgan fingerprint density at radius 3 is 2.59 bits per heavy atom. The van der Waals surface area contributed by atoms with Crippen LogP contribution in [-0.4, -0.2) is 16.3 Å². The second-order valence-corrected chi connectivity index (χ2v) is 5.12. The van der Waals surface area contributed by atoms with E-state index in [1.807, 2.05) is 56.3 Å². The van der Waals surface area contributed by atoms with E-state index < -0.39 is 0 Å². The first-order valence-corrected chi connectivity index (χ1v) is 7.00. The van der Waals surface area contributed by atoms with Crippen LogP contribution in [0.4, 0.5) is 5.69 Å². The zero-order chi connectivity index (χ0) is 15.5. The van der Waals surface area contributed by atoms with Crippen LogP contribution >= 0.6 is 0 Å². The second-order valence-electron chi connectivity index (χ2n) is 5.12. The molecule has 0 aliphatic carbocycles. The van der Waals surface area contributed by atoms with E-state index in [4.69, 9.17) is 4.42 Å². The van der Waals surface area contributed by atoms with Gasteiger partial charge in [-0.15, -0.1) is 0 Å². The van der Waals surface area contributed by atoms with Gasteiger partial charge in [0, 0.05) is 5.56 Å². The summed E-state index contributed by atoms with van der Waals surface area (Å²) in [5.41, 5.74) is 4.23. The fourth-order valence-electron chi connectivity index (χ4n) is 2.19. The van der Waals surface area contributed by atoms with E-state index in [-0.39, 0.29) is 5.95 Å². The first-order valence-electron chi connectivity index (χ1n) is 7.00. The highest BCUT2D eigenvalue weighted by molar-refractivity contribution is 5.83. The van der Waals surface area contributed by atoms with E-state index in [0.29, 0.717) is 11.6 Å². The molecular formula is C18H16N2O2. The molecule has 22 heavy (non-hydrogen) atoms. The molecule has 0 amide bonds. The van der Waals surface area contributed by atoms with Crippen molar-refractivity contribution in [2.75, 3.05) is 0 Å². The highest BCUT2D eigenvalue weighted by Gasteiger charge is 2.11. The van der Waals surface area contributed by atoms with Crippen LogP contribution in [0.25, 0.3) is 11.5 Å². The molecule has 0 radical (unpaired) electrons. The lowest BCUT2D eigenvalue weighted by molar-refractivity contribution is 0.337. The summed E-state index contributed by atoms with van der Waals surface area (Å²) in [5.74, 6) is 0.146. The van der Waals surface area contributed by atoms with Gasteiger partial charge in [-0.05, 0) is 37.6 Å². The van der Waals surface area contributed by atoms with E-state index in [1.54, 1.807) is 0 Å². The number of hydrogen-bond acceptors (Lipinski definition) is 4. The largest absolute Gasteiger partial charge is 0.479 e. The van der Waals surface area contributed by atoms with Crippen LogP contribution in [0.3, 0.4) is 0 Å². The normalized spacial score (nSPS) is 11.2. The van der Waals surface area contributed by atoms with Crippen LogP contribution < -0.4 is 0 Å². The molecule has 4 heteroatoms. The molecule has 3 rings (SSSR count). The van der Waals surface area contributed by atoms with Gasteiger partial charge in [0.05, 0.1) is 11.9 Å². The Balaban J connectivity index is 1.90. The molecule has 0 fully saturated rings. The van der Waals surface area contributed by atoms with Crippen molar-refractivity contribution in [3.8, 4) is 17.4 Å². The maximum Gasteiger partial charge on any atom is 0.312 e. The SMILES string of the molecule is Cc1ccc(N=Cc2nc(-c3ccccc3)oc2O)c(C)c1. The number of nitrogens with zero attached hydrogens (tertiary/aromatic N) is 2. The third kappa shape index (κ3) is 2.91. The molecule has 0 spiro atoms. The smallest absolute Gasteiger partial charge is 0.312 e. The summed E-state index contributed by atoms with van der Waals surface area (Å²) in [6.45, 7) is 4.04. The van der Waals surface area contributed by atoms with Crippen LogP contribution in [-0.2, 0) is 0 Å². The fraction of sp³-hybridized carbons (Fsp3) is 0.111. The van der Waals surface area contributed by atoms with Crippen LogP contribution in [0.15, 0.2) is 57.9 Å². The average molecular weight is 292 g/mol. The minimum Gasteiger partial charge on any atom is -0.479 e. The number of aliphatic imine (C=N–C) groups is 1. The van der Waals surface area contributed by atoms with E-state index in [1.165, 1.54) is 11.8 Å². The molecule has 0 unspecified atom stereocenters. The van der Waals surface area contributed by atoms with Gasteiger partial charge in [0.1, 0.15) is 0 Å². The maximum atomic E-state index is 9.86. The Labute approximate surface area is 128 Å². The van der Waals surface area contributed by atoms with Crippen LogP contribution in [0.5, 0.6) is 5.95 Å². The Bertz CT molecular complexity index is 820. The first kappa shape index (κ1) is 14.1. The molecule has 1 heterocycles. The predicted octanol–water partition coefficient (Wildman–Crippen LogP) is 4.41. The minimum atomic E-state index is -0.229. The Morgan fingerprint density at radius 1 is 1.09 bits per heavy atom. The summed E-state index contributed by atoms with van der Waals surface area (Å²) >= 11 is 0. The lowest BCUT2D eigenvalue weighted by Gasteiger charge is -2.00. The molecule has 0 bridgehead atoms. The van der Waals surface area contributed by atoms with Crippen molar-refractivity contribution in [3.63, 3.8) is 0 Å². The monoisotopic (exact) mass is 292 g/mol. The number of aromatic nitrogens is 1. The molecule has 0 saturated heterocycles. The molecule has 3 aromatic rings. The molecule has 2 aromatic carbocycles. The molecule has 0 saturated carbocycles. The first-order chi connectivity index (χ1) is 10.6. The summed E-state index contributed by atoms with van der Waals surface area (Å²) < 4.78 is 5.29. The Morgan fingerprint density at radius 2 is 1.86 bits per heavy atom. The molecule has 0 atom stereocenters. The summed E-state index contributed by atoms with van der Waals surface area (Å²) in [5, 5.41) is 9.86. The van der Waals surface area contributed by atoms with Gasteiger partial charge in [-0.25, -0.2) is 4.98 Å². The van der Waals surface area contributed by atoms with Crippen molar-refractivity contribution in [3.05, 3.63) is 65.4 Å². The number of hydrogen-bond donors (Lipinski definition) is 1. The van der Waals surface area contributed by atoms with E-state index >= 15 is 0 Å². The quantitative estimate of drug-likeness (QED) is 0.727.